The van der Waals surface area contributed by atoms with Crippen molar-refractivity contribution < 1.29 is 5.11 Å². The lowest BCUT2D eigenvalue weighted by Gasteiger charge is -2.30. The summed E-state index contributed by atoms with van der Waals surface area (Å²) in [5.74, 6) is 0.968. The molecular weight excluding hydrogens is 238 g/mol. The van der Waals surface area contributed by atoms with Crippen molar-refractivity contribution in [3.63, 3.8) is 0 Å². The molecule has 0 saturated carbocycles. The van der Waals surface area contributed by atoms with Crippen molar-refractivity contribution in [2.24, 2.45) is 0 Å². The SMILES string of the molecule is CCCNCc1cccnc1N(CC)CC(C)(C)O. The van der Waals surface area contributed by atoms with Crippen LogP contribution in [0.15, 0.2) is 18.3 Å². The van der Waals surface area contributed by atoms with E-state index in [0.29, 0.717) is 6.54 Å². The summed E-state index contributed by atoms with van der Waals surface area (Å²) in [6.07, 6.45) is 2.93. The second-order valence-electron chi connectivity index (χ2n) is 5.49. The third-order valence-electron chi connectivity index (χ3n) is 2.87. The third kappa shape index (κ3) is 5.57. The van der Waals surface area contributed by atoms with Crippen LogP contribution in [0.3, 0.4) is 0 Å². The van der Waals surface area contributed by atoms with E-state index >= 15 is 0 Å². The molecule has 0 aliphatic carbocycles. The quantitative estimate of drug-likeness (QED) is 0.707. The highest BCUT2D eigenvalue weighted by Crippen LogP contribution is 2.19. The standard InChI is InChI=1S/C15H27N3O/c1-5-9-16-11-13-8-7-10-17-14(13)18(6-2)12-15(3,4)19/h7-8,10,16,19H,5-6,9,11-12H2,1-4H3. The molecular formula is C15H27N3O. The molecule has 0 fully saturated rings. The summed E-state index contributed by atoms with van der Waals surface area (Å²) in [6.45, 7) is 11.1. The predicted octanol–water partition coefficient (Wildman–Crippen LogP) is 2.18. The molecule has 0 atom stereocenters. The Kier molecular flexibility index (Phi) is 6.25. The van der Waals surface area contributed by atoms with Gasteiger partial charge in [0, 0.05) is 31.4 Å². The second-order valence-corrected chi connectivity index (χ2v) is 5.49. The van der Waals surface area contributed by atoms with Crippen molar-refractivity contribution in [3.05, 3.63) is 23.9 Å². The number of hydrogen-bond donors (Lipinski definition) is 2. The fourth-order valence-corrected chi connectivity index (χ4v) is 2.06. The summed E-state index contributed by atoms with van der Waals surface area (Å²) < 4.78 is 0. The number of anilines is 1. The summed E-state index contributed by atoms with van der Waals surface area (Å²) in [5, 5.41) is 13.4. The average molecular weight is 265 g/mol. The molecule has 1 aromatic heterocycles. The highest BCUT2D eigenvalue weighted by atomic mass is 16.3. The van der Waals surface area contributed by atoms with Crippen LogP contribution in [0.25, 0.3) is 0 Å². The van der Waals surface area contributed by atoms with E-state index in [2.05, 4.69) is 35.1 Å². The highest BCUT2D eigenvalue weighted by molar-refractivity contribution is 5.47. The summed E-state index contributed by atoms with van der Waals surface area (Å²) >= 11 is 0. The zero-order chi connectivity index (χ0) is 14.3. The Bertz CT molecular complexity index is 374. The minimum Gasteiger partial charge on any atom is -0.389 e. The zero-order valence-corrected chi connectivity index (χ0v) is 12.6. The lowest BCUT2D eigenvalue weighted by molar-refractivity contribution is 0.0874. The number of hydrogen-bond acceptors (Lipinski definition) is 4. The summed E-state index contributed by atoms with van der Waals surface area (Å²) in [7, 11) is 0. The fraction of sp³-hybridized carbons (Fsp3) is 0.667. The molecule has 0 unspecified atom stereocenters. The van der Waals surface area contributed by atoms with Gasteiger partial charge in [-0.15, -0.1) is 0 Å². The van der Waals surface area contributed by atoms with Crippen molar-refractivity contribution in [1.82, 2.24) is 10.3 Å². The van der Waals surface area contributed by atoms with Gasteiger partial charge < -0.3 is 15.3 Å². The molecule has 1 heterocycles. The maximum atomic E-state index is 10.0. The van der Waals surface area contributed by atoms with Crippen LogP contribution in [0.1, 0.15) is 39.7 Å². The molecule has 0 bridgehead atoms. The molecule has 1 aromatic rings. The Morgan fingerprint density at radius 2 is 2.11 bits per heavy atom. The van der Waals surface area contributed by atoms with Crippen molar-refractivity contribution in [2.45, 2.75) is 46.3 Å². The number of nitrogens with zero attached hydrogens (tertiary/aromatic N) is 2. The first-order valence-electron chi connectivity index (χ1n) is 7.10. The van der Waals surface area contributed by atoms with Crippen LogP contribution in [0.5, 0.6) is 0 Å². The largest absolute Gasteiger partial charge is 0.389 e. The minimum absolute atomic E-state index is 0.585. The maximum Gasteiger partial charge on any atom is 0.133 e. The second kappa shape index (κ2) is 7.46. The molecule has 108 valence electrons. The van der Waals surface area contributed by atoms with Crippen molar-refractivity contribution in [3.8, 4) is 0 Å². The van der Waals surface area contributed by atoms with Crippen LogP contribution in [0.2, 0.25) is 0 Å². The summed E-state index contributed by atoms with van der Waals surface area (Å²) in [5.41, 5.74) is 0.462. The molecule has 2 N–H and O–H groups in total. The molecule has 0 radical (unpaired) electrons. The predicted molar refractivity (Wildman–Crippen MR) is 80.4 cm³/mol. The van der Waals surface area contributed by atoms with Crippen molar-refractivity contribution in [1.29, 1.82) is 0 Å². The topological polar surface area (TPSA) is 48.4 Å². The van der Waals surface area contributed by atoms with Crippen LogP contribution < -0.4 is 10.2 Å². The number of aliphatic hydroxyl groups is 1. The number of likely N-dealkylation sites (N-methyl/N-ethyl adjacent to an activating group) is 1. The van der Waals surface area contributed by atoms with Gasteiger partial charge in [0.15, 0.2) is 0 Å². The molecule has 0 aliphatic rings. The van der Waals surface area contributed by atoms with E-state index in [4.69, 9.17) is 0 Å². The number of aromatic nitrogens is 1. The van der Waals surface area contributed by atoms with Crippen molar-refractivity contribution >= 4 is 5.82 Å². The van der Waals surface area contributed by atoms with E-state index in [1.807, 2.05) is 26.1 Å². The maximum absolute atomic E-state index is 10.0. The molecule has 0 amide bonds. The van der Waals surface area contributed by atoms with Crippen molar-refractivity contribution in [2.75, 3.05) is 24.5 Å². The molecule has 0 aliphatic heterocycles. The molecule has 1 rings (SSSR count). The first kappa shape index (κ1) is 15.9. The molecule has 4 nitrogen and oxygen atoms in total. The van der Waals surface area contributed by atoms with Crippen LogP contribution in [-0.2, 0) is 6.54 Å². The van der Waals surface area contributed by atoms with Crippen LogP contribution in [0.4, 0.5) is 5.82 Å². The Hall–Kier alpha value is -1.13. The lowest BCUT2D eigenvalue weighted by Crippen LogP contribution is -2.39. The molecule has 19 heavy (non-hydrogen) atoms. The van der Waals surface area contributed by atoms with Crippen LogP contribution in [0, 0.1) is 0 Å². The Morgan fingerprint density at radius 1 is 1.37 bits per heavy atom. The van der Waals surface area contributed by atoms with Gasteiger partial charge in [-0.25, -0.2) is 4.98 Å². The monoisotopic (exact) mass is 265 g/mol. The first-order chi connectivity index (χ1) is 8.98. The average Bonchev–Trinajstić information content (AvgIpc) is 2.36. The van der Waals surface area contributed by atoms with Crippen LogP contribution >= 0.6 is 0 Å². The highest BCUT2D eigenvalue weighted by Gasteiger charge is 2.20. The van der Waals surface area contributed by atoms with Gasteiger partial charge in [0.2, 0.25) is 0 Å². The van der Waals surface area contributed by atoms with Gasteiger partial charge in [-0.2, -0.15) is 0 Å². The van der Waals surface area contributed by atoms with E-state index in [9.17, 15) is 5.11 Å². The lowest BCUT2D eigenvalue weighted by atomic mass is 10.1. The zero-order valence-electron chi connectivity index (χ0n) is 12.6. The Morgan fingerprint density at radius 3 is 2.68 bits per heavy atom. The van der Waals surface area contributed by atoms with Gasteiger partial charge in [-0.3, -0.25) is 0 Å². The molecule has 0 spiro atoms. The van der Waals surface area contributed by atoms with Gasteiger partial charge in [-0.05, 0) is 39.8 Å². The summed E-state index contributed by atoms with van der Waals surface area (Å²) in [6, 6.07) is 4.06. The first-order valence-corrected chi connectivity index (χ1v) is 7.10. The smallest absolute Gasteiger partial charge is 0.133 e. The van der Waals surface area contributed by atoms with Gasteiger partial charge in [0.1, 0.15) is 5.82 Å². The van der Waals surface area contributed by atoms with E-state index in [-0.39, 0.29) is 0 Å². The van der Waals surface area contributed by atoms with Gasteiger partial charge in [-0.1, -0.05) is 13.0 Å². The van der Waals surface area contributed by atoms with Crippen LogP contribution in [-0.4, -0.2) is 35.3 Å². The van der Waals surface area contributed by atoms with E-state index < -0.39 is 5.60 Å². The third-order valence-corrected chi connectivity index (χ3v) is 2.87. The number of rotatable bonds is 8. The van der Waals surface area contributed by atoms with Gasteiger partial charge in [0.25, 0.3) is 0 Å². The van der Waals surface area contributed by atoms with E-state index in [1.165, 1.54) is 5.56 Å². The minimum atomic E-state index is -0.721. The Balaban J connectivity index is 2.84. The number of nitrogens with one attached hydrogen (secondary N) is 1. The normalized spacial score (nSPS) is 11.6. The van der Waals surface area contributed by atoms with Gasteiger partial charge >= 0.3 is 0 Å². The molecule has 0 aromatic carbocycles. The summed E-state index contributed by atoms with van der Waals surface area (Å²) in [4.78, 5) is 6.62. The van der Waals surface area contributed by atoms with Gasteiger partial charge in [0.05, 0.1) is 5.60 Å². The number of pyridine rings is 1. The fourth-order valence-electron chi connectivity index (χ4n) is 2.06. The molecule has 0 saturated heterocycles. The van der Waals surface area contributed by atoms with E-state index in [0.717, 1.165) is 31.9 Å². The Labute approximate surface area is 116 Å². The van der Waals surface area contributed by atoms with E-state index in [1.54, 1.807) is 0 Å². The molecule has 4 heteroatoms.